The number of halogens is 1. The van der Waals surface area contributed by atoms with Gasteiger partial charge < -0.3 is 20.1 Å². The number of hydrogen-bond acceptors (Lipinski definition) is 7. The summed E-state index contributed by atoms with van der Waals surface area (Å²) >= 11 is 0. The van der Waals surface area contributed by atoms with Crippen LogP contribution in [0.5, 0.6) is 0 Å². The van der Waals surface area contributed by atoms with Gasteiger partial charge in [-0.3, -0.25) is 14.4 Å². The molecule has 3 N–H and O–H groups in total. The van der Waals surface area contributed by atoms with Gasteiger partial charge in [-0.25, -0.2) is 4.39 Å². The lowest BCUT2D eigenvalue weighted by Gasteiger charge is -2.63. The average molecular weight is 451 g/mol. The van der Waals surface area contributed by atoms with Gasteiger partial charge in [0.25, 0.3) is 0 Å². The molecule has 176 valence electrons. The van der Waals surface area contributed by atoms with Gasteiger partial charge in [0.1, 0.15) is 5.60 Å². The number of fused-ring (bicyclic) bond motifs is 5. The highest BCUT2D eigenvalue weighted by atomic mass is 19.1. The Morgan fingerprint density at radius 2 is 1.94 bits per heavy atom. The van der Waals surface area contributed by atoms with Crippen LogP contribution in [0.15, 0.2) is 23.8 Å². The first-order chi connectivity index (χ1) is 14.7. The normalized spacial score (nSPS) is 49.6. The minimum Gasteiger partial charge on any atom is -0.458 e. The molecule has 4 rings (SSSR count). The van der Waals surface area contributed by atoms with Crippen molar-refractivity contribution in [3.63, 3.8) is 0 Å². The molecule has 0 amide bonds. The van der Waals surface area contributed by atoms with E-state index in [0.29, 0.717) is 5.57 Å². The maximum Gasteiger partial charge on any atom is 0.303 e. The van der Waals surface area contributed by atoms with Crippen LogP contribution in [-0.2, 0) is 19.1 Å². The van der Waals surface area contributed by atoms with Crippen LogP contribution in [0.4, 0.5) is 4.39 Å². The molecule has 0 aromatic heterocycles. The number of Topliss-reactive ketones (excluding diaryl/α,β-unsaturated/α-hetero) is 1. The summed E-state index contributed by atoms with van der Waals surface area (Å²) in [6.45, 7) is 5.51. The maximum absolute atomic E-state index is 17.1. The van der Waals surface area contributed by atoms with Gasteiger partial charge >= 0.3 is 5.97 Å². The van der Waals surface area contributed by atoms with Crippen molar-refractivity contribution < 1.29 is 38.8 Å². The van der Waals surface area contributed by atoms with Crippen molar-refractivity contribution in [3.8, 4) is 0 Å². The molecule has 0 aromatic rings. The number of aliphatic hydroxyl groups excluding tert-OH is 2. The third-order valence-electron chi connectivity index (χ3n) is 9.07. The number of carbonyl (C=O) groups excluding carboxylic acids is 3. The van der Waals surface area contributed by atoms with E-state index in [1.54, 1.807) is 20.8 Å². The molecule has 7 nitrogen and oxygen atoms in total. The Morgan fingerprint density at radius 3 is 2.56 bits per heavy atom. The predicted molar refractivity (Wildman–Crippen MR) is 111 cm³/mol. The van der Waals surface area contributed by atoms with E-state index in [9.17, 15) is 29.7 Å². The van der Waals surface area contributed by atoms with Crippen LogP contribution in [-0.4, -0.2) is 62.9 Å². The Hall–Kier alpha value is -1.90. The second-order valence-electron chi connectivity index (χ2n) is 10.5. The molecule has 0 heterocycles. The Labute approximate surface area is 186 Å². The van der Waals surface area contributed by atoms with Crippen molar-refractivity contribution in [1.82, 2.24) is 0 Å². The molecule has 4 aliphatic rings. The number of carbonyl (C=O) groups is 3. The van der Waals surface area contributed by atoms with Gasteiger partial charge in [0, 0.05) is 23.7 Å². The monoisotopic (exact) mass is 450 g/mol. The number of alkyl halides is 1. The van der Waals surface area contributed by atoms with Gasteiger partial charge in [-0.1, -0.05) is 25.5 Å². The van der Waals surface area contributed by atoms with Crippen LogP contribution < -0.4 is 0 Å². The van der Waals surface area contributed by atoms with E-state index in [0.717, 1.165) is 6.92 Å². The number of esters is 1. The first kappa shape index (κ1) is 23.3. The van der Waals surface area contributed by atoms with Crippen LogP contribution in [0.3, 0.4) is 0 Å². The lowest BCUT2D eigenvalue weighted by atomic mass is 9.44. The largest absolute Gasteiger partial charge is 0.458 e. The molecule has 0 aromatic carbocycles. The zero-order valence-corrected chi connectivity index (χ0v) is 18.8. The predicted octanol–water partition coefficient (Wildman–Crippen LogP) is 1.44. The van der Waals surface area contributed by atoms with E-state index in [-0.39, 0.29) is 25.0 Å². The number of rotatable bonds is 3. The maximum atomic E-state index is 17.1. The van der Waals surface area contributed by atoms with Crippen LogP contribution in [0.25, 0.3) is 0 Å². The lowest BCUT2D eigenvalue weighted by molar-refractivity contribution is -0.239. The molecule has 0 radical (unpaired) electrons. The Morgan fingerprint density at radius 1 is 1.28 bits per heavy atom. The molecule has 0 bridgehead atoms. The quantitative estimate of drug-likeness (QED) is 0.556. The number of aliphatic hydroxyl groups is 3. The second kappa shape index (κ2) is 7.05. The van der Waals surface area contributed by atoms with Gasteiger partial charge in [-0.15, -0.1) is 0 Å². The highest BCUT2D eigenvalue weighted by Gasteiger charge is 2.77. The average Bonchev–Trinajstić information content (AvgIpc) is 2.89. The zero-order valence-electron chi connectivity index (χ0n) is 18.8. The fourth-order valence-corrected chi connectivity index (χ4v) is 7.41. The molecule has 3 fully saturated rings. The van der Waals surface area contributed by atoms with Crippen LogP contribution in [0.1, 0.15) is 47.0 Å². The van der Waals surface area contributed by atoms with Crippen molar-refractivity contribution in [2.75, 3.05) is 6.61 Å². The molecule has 3 unspecified atom stereocenters. The van der Waals surface area contributed by atoms with Crippen LogP contribution in [0.2, 0.25) is 0 Å². The third kappa shape index (κ3) is 2.66. The van der Waals surface area contributed by atoms with Crippen molar-refractivity contribution in [3.05, 3.63) is 23.8 Å². The summed E-state index contributed by atoms with van der Waals surface area (Å²) in [5.41, 5.74) is -6.34. The topological polar surface area (TPSA) is 121 Å². The standard InChI is InChI=1S/C24H31FO7/c1-12-7-16-20-17(28)9-14-8-15(27)5-6-21(14,3)23(20,25)18(29)10-22(16,4)24(12,31)19(30)11-32-13(2)26/h5-6,8,12,16-18,20,28-29,31H,7,9-11H2,1-4H3/t12?,16-,17?,18?,20+,21-,22-,23+,24-/m0/s1. The highest BCUT2D eigenvalue weighted by molar-refractivity contribution is 6.01. The Bertz CT molecular complexity index is 943. The SMILES string of the molecule is CC(=O)OCC(=O)[C@@]1(O)C(C)C[C@H]2[C@@H]3C(O)CC4=CC(=O)C=C[C@]4(C)[C@@]3(F)C(O)C[C@@]21C. The van der Waals surface area contributed by atoms with E-state index in [1.807, 2.05) is 0 Å². The number of allylic oxidation sites excluding steroid dienone is 3. The fourth-order valence-electron chi connectivity index (χ4n) is 7.41. The summed E-state index contributed by atoms with van der Waals surface area (Å²) in [7, 11) is 0. The first-order valence-corrected chi connectivity index (χ1v) is 11.1. The molecular formula is C24H31FO7. The van der Waals surface area contributed by atoms with Crippen molar-refractivity contribution in [2.45, 2.75) is 70.4 Å². The summed E-state index contributed by atoms with van der Waals surface area (Å²) < 4.78 is 21.9. The molecule has 4 aliphatic carbocycles. The lowest BCUT2D eigenvalue weighted by Crippen LogP contribution is -2.72. The minimum atomic E-state index is -2.29. The van der Waals surface area contributed by atoms with E-state index < -0.39 is 70.4 Å². The second-order valence-corrected chi connectivity index (χ2v) is 10.5. The summed E-state index contributed by atoms with van der Waals surface area (Å²) in [5.74, 6) is -3.92. The number of ether oxygens (including phenoxy) is 1. The fraction of sp³-hybridized carbons (Fsp3) is 0.708. The van der Waals surface area contributed by atoms with Gasteiger partial charge in [0.2, 0.25) is 5.78 Å². The summed E-state index contributed by atoms with van der Waals surface area (Å²) in [6.07, 6.45) is 1.41. The van der Waals surface area contributed by atoms with Crippen LogP contribution >= 0.6 is 0 Å². The minimum absolute atomic E-state index is 0.0659. The van der Waals surface area contributed by atoms with Gasteiger partial charge in [0.05, 0.1) is 12.2 Å². The summed E-state index contributed by atoms with van der Waals surface area (Å²) in [4.78, 5) is 36.2. The Balaban J connectivity index is 1.80. The summed E-state index contributed by atoms with van der Waals surface area (Å²) in [5, 5.41) is 34.0. The molecule has 8 heteroatoms. The third-order valence-corrected chi connectivity index (χ3v) is 9.07. The van der Waals surface area contributed by atoms with Crippen molar-refractivity contribution in [1.29, 1.82) is 0 Å². The number of hydrogen-bond donors (Lipinski definition) is 3. The van der Waals surface area contributed by atoms with Gasteiger partial charge in [-0.2, -0.15) is 0 Å². The van der Waals surface area contributed by atoms with E-state index >= 15 is 4.39 Å². The van der Waals surface area contributed by atoms with E-state index in [1.165, 1.54) is 18.2 Å². The van der Waals surface area contributed by atoms with Crippen molar-refractivity contribution >= 4 is 17.5 Å². The molecule has 3 saturated carbocycles. The molecule has 0 aliphatic heterocycles. The molecule has 32 heavy (non-hydrogen) atoms. The first-order valence-electron chi connectivity index (χ1n) is 11.1. The van der Waals surface area contributed by atoms with Crippen molar-refractivity contribution in [2.24, 2.45) is 28.6 Å². The van der Waals surface area contributed by atoms with E-state index in [4.69, 9.17) is 4.74 Å². The summed E-state index contributed by atoms with van der Waals surface area (Å²) in [6, 6.07) is 0. The Kier molecular flexibility index (Phi) is 5.12. The van der Waals surface area contributed by atoms with Crippen LogP contribution in [0, 0.1) is 28.6 Å². The van der Waals surface area contributed by atoms with E-state index in [2.05, 4.69) is 0 Å². The number of ketones is 2. The zero-order chi connectivity index (χ0) is 23.9. The molecule has 0 spiro atoms. The van der Waals surface area contributed by atoms with Gasteiger partial charge in [-0.05, 0) is 50.2 Å². The van der Waals surface area contributed by atoms with Gasteiger partial charge in [0.15, 0.2) is 18.1 Å². The smallest absolute Gasteiger partial charge is 0.303 e. The molecule has 9 atom stereocenters. The molecular weight excluding hydrogens is 419 g/mol. The molecule has 0 saturated heterocycles. The highest BCUT2D eigenvalue weighted by Crippen LogP contribution is 2.70.